The number of rotatable bonds is 5. The first-order chi connectivity index (χ1) is 27.9. The third-order valence-electron chi connectivity index (χ3n) is 8.50. The average Bonchev–Trinajstić information content (AvgIpc) is 3.27. The maximum Gasteiger partial charge on any atom is 2.00 e. The molecule has 5 aromatic heterocycles. The molecule has 8 rings (SSSR count). The fraction of sp³-hybridized carbons (Fsp3) is 0.149. The van der Waals surface area contributed by atoms with Crippen LogP contribution >= 0.6 is 0 Å². The summed E-state index contributed by atoms with van der Waals surface area (Å²) in [6.45, 7) is 9.99. The van der Waals surface area contributed by atoms with Crippen molar-refractivity contribution in [2.24, 2.45) is 10.7 Å². The Morgan fingerprint density at radius 2 is 1.03 bits per heavy atom. The maximum absolute atomic E-state index is 8.56. The fourth-order valence-electron chi connectivity index (χ4n) is 6.08. The van der Waals surface area contributed by atoms with Crippen LogP contribution < -0.4 is 11.1 Å². The standard InChI is InChI=1S/C24H24N6.2C10H8N2.C3H8.Ru/c1-4-8-13-17(25)18(26)14(9-5-2)22-21(13)29-23-15(10-6-3)19(27)20-16(24(23)30-22)11-7-12-28-20;2*1-3-7-11-9(5-1)10-6-2-4-8-12-10;1-3-2;/h4-12,24-26,30H,27H2,1-3H3;2*1-8H;3H2,1-2H3;/q-2;;;;+2/b8-4-,9-5-,10-6-;;;;. The van der Waals surface area contributed by atoms with Gasteiger partial charge in [-0.2, -0.15) is 0 Å². The van der Waals surface area contributed by atoms with Crippen molar-refractivity contribution in [1.82, 2.24) is 24.9 Å². The van der Waals surface area contributed by atoms with Gasteiger partial charge in [0.05, 0.1) is 57.3 Å². The number of aromatic nitrogens is 5. The quantitative estimate of drug-likeness (QED) is 0.163. The van der Waals surface area contributed by atoms with Gasteiger partial charge in [-0.15, -0.1) is 11.4 Å². The van der Waals surface area contributed by atoms with Gasteiger partial charge in [-0.25, -0.2) is 4.99 Å². The molecule has 0 saturated carbocycles. The normalized spacial score (nSPS) is 13.5. The molecule has 0 saturated heterocycles. The van der Waals surface area contributed by atoms with Crippen LogP contribution in [0.25, 0.3) is 52.1 Å². The first-order valence-corrected chi connectivity index (χ1v) is 18.9. The summed E-state index contributed by atoms with van der Waals surface area (Å²) in [5, 5.41) is 3.60. The van der Waals surface area contributed by atoms with E-state index in [1.165, 1.54) is 6.42 Å². The van der Waals surface area contributed by atoms with E-state index >= 15 is 0 Å². The zero-order valence-electron chi connectivity index (χ0n) is 33.3. The Hall–Kier alpha value is -6.58. The smallest absolute Gasteiger partial charge is 0.699 e. The average molecular weight is 854 g/mol. The summed E-state index contributed by atoms with van der Waals surface area (Å²) in [5.74, 6) is 0. The van der Waals surface area contributed by atoms with E-state index in [1.54, 1.807) is 31.0 Å². The van der Waals surface area contributed by atoms with Gasteiger partial charge in [0.1, 0.15) is 0 Å². The zero-order chi connectivity index (χ0) is 40.6. The van der Waals surface area contributed by atoms with Gasteiger partial charge in [0, 0.05) is 42.1 Å². The number of aliphatic imine (C=N–C) groups is 1. The van der Waals surface area contributed by atoms with Crippen LogP contribution in [0.2, 0.25) is 0 Å². The van der Waals surface area contributed by atoms with E-state index in [2.05, 4.69) is 44.1 Å². The number of nitrogens with zero attached hydrogens (tertiary/aromatic N) is 6. The van der Waals surface area contributed by atoms with E-state index in [-0.39, 0.29) is 36.9 Å². The van der Waals surface area contributed by atoms with Crippen LogP contribution in [0, 0.1) is 0 Å². The number of anilines is 1. The van der Waals surface area contributed by atoms with Crippen LogP contribution in [-0.4, -0.2) is 30.6 Å². The predicted octanol–water partition coefficient (Wildman–Crippen LogP) is 12.7. The van der Waals surface area contributed by atoms with Crippen molar-refractivity contribution in [2.75, 3.05) is 5.32 Å². The van der Waals surface area contributed by atoms with E-state index in [4.69, 9.17) is 22.2 Å². The van der Waals surface area contributed by atoms with Crippen molar-refractivity contribution < 1.29 is 19.5 Å². The van der Waals surface area contributed by atoms with Gasteiger partial charge in [-0.3, -0.25) is 24.9 Å². The summed E-state index contributed by atoms with van der Waals surface area (Å²) in [5.41, 5.74) is 34.2. The van der Waals surface area contributed by atoms with Gasteiger partial charge in [-0.05, 0) is 86.5 Å². The zero-order valence-corrected chi connectivity index (χ0v) is 35.1. The van der Waals surface area contributed by atoms with E-state index < -0.39 is 0 Å². The van der Waals surface area contributed by atoms with Gasteiger partial charge < -0.3 is 22.5 Å². The second-order valence-electron chi connectivity index (χ2n) is 12.7. The first-order valence-electron chi connectivity index (χ1n) is 18.9. The second kappa shape index (κ2) is 22.2. The minimum atomic E-state index is -0.238. The van der Waals surface area contributed by atoms with E-state index in [1.807, 2.05) is 142 Å². The summed E-state index contributed by atoms with van der Waals surface area (Å²) in [6.07, 6.45) is 21.4. The molecule has 0 spiro atoms. The number of hydrogen-bond acceptors (Lipinski definition) is 8. The molecule has 2 aliphatic rings. The third-order valence-corrected chi connectivity index (χ3v) is 8.50. The summed E-state index contributed by atoms with van der Waals surface area (Å²) < 4.78 is 0. The SMILES string of the molecule is C/C=C\C1=C(N)c2ncccc2C2Nc3c(/C=C\C)c([NH-])c([NH-])c(/C=C\C)c3N=C12.CCC.[Ru+2].c1ccc(-c2ccccn2)nc1.c1ccc(-c2ccccn2)nc1. The molecule has 0 radical (unpaired) electrons. The summed E-state index contributed by atoms with van der Waals surface area (Å²) in [6, 6.07) is 26.8. The number of allylic oxidation sites excluding steroid dienone is 4. The molecule has 0 fully saturated rings. The van der Waals surface area contributed by atoms with E-state index in [0.717, 1.165) is 51.0 Å². The van der Waals surface area contributed by atoms with Crippen molar-refractivity contribution >= 4 is 46.3 Å². The van der Waals surface area contributed by atoms with Crippen LogP contribution in [0.1, 0.15) is 69.5 Å². The van der Waals surface area contributed by atoms with Crippen molar-refractivity contribution in [2.45, 2.75) is 47.1 Å². The van der Waals surface area contributed by atoms with E-state index in [9.17, 15) is 0 Å². The van der Waals surface area contributed by atoms with Gasteiger partial charge in [-0.1, -0.05) is 87.1 Å². The van der Waals surface area contributed by atoms with Gasteiger partial charge in [0.15, 0.2) is 0 Å². The van der Waals surface area contributed by atoms with Crippen molar-refractivity contribution in [3.05, 3.63) is 180 Å². The Morgan fingerprint density at radius 3 is 1.47 bits per heavy atom. The Labute approximate surface area is 354 Å². The molecule has 1 atom stereocenters. The number of hydrogen-bond donors (Lipinski definition) is 2. The van der Waals surface area contributed by atoms with Gasteiger partial charge >= 0.3 is 19.5 Å². The molecule has 1 unspecified atom stereocenters. The maximum atomic E-state index is 8.56. The van der Waals surface area contributed by atoms with E-state index in [0.29, 0.717) is 22.5 Å². The number of pyridine rings is 5. The molecular weight excluding hydrogens is 806 g/mol. The minimum Gasteiger partial charge on any atom is -0.699 e. The summed E-state index contributed by atoms with van der Waals surface area (Å²) in [7, 11) is 0. The number of fused-ring (bicyclic) bond motifs is 4. The van der Waals surface area contributed by atoms with Gasteiger partial charge in [0.25, 0.3) is 0 Å². The van der Waals surface area contributed by atoms with Gasteiger partial charge in [0.2, 0.25) is 0 Å². The molecule has 1 aliphatic carbocycles. The minimum absolute atomic E-state index is 0. The Morgan fingerprint density at radius 1 is 0.603 bits per heavy atom. The molecule has 0 bridgehead atoms. The molecule has 6 heterocycles. The monoisotopic (exact) mass is 854 g/mol. The van der Waals surface area contributed by atoms with Crippen molar-refractivity contribution in [3.8, 4) is 22.8 Å². The molecular formula is C47H48N10Ru. The molecule has 5 N–H and O–H groups in total. The largest absolute Gasteiger partial charge is 2.00 e. The molecule has 6 aromatic rings. The molecule has 58 heavy (non-hydrogen) atoms. The fourth-order valence-corrected chi connectivity index (χ4v) is 6.08. The second-order valence-corrected chi connectivity index (χ2v) is 12.7. The number of nitrogens with two attached hydrogens (primary N) is 1. The molecule has 10 nitrogen and oxygen atoms in total. The molecule has 1 aromatic carbocycles. The first kappa shape index (κ1) is 44.1. The third kappa shape index (κ3) is 10.4. The predicted molar refractivity (Wildman–Crippen MR) is 238 cm³/mol. The van der Waals surface area contributed by atoms with Crippen LogP contribution in [0.4, 0.5) is 22.7 Å². The topological polar surface area (TPSA) is 162 Å². The molecule has 11 heteroatoms. The van der Waals surface area contributed by atoms with Crippen LogP contribution in [0.3, 0.4) is 0 Å². The summed E-state index contributed by atoms with van der Waals surface area (Å²) >= 11 is 0. The summed E-state index contributed by atoms with van der Waals surface area (Å²) in [4.78, 5) is 26.3. The van der Waals surface area contributed by atoms with Crippen LogP contribution in [-0.2, 0) is 19.5 Å². The van der Waals surface area contributed by atoms with Crippen LogP contribution in [0.5, 0.6) is 0 Å². The van der Waals surface area contributed by atoms with Crippen molar-refractivity contribution in [3.63, 3.8) is 0 Å². The Bertz CT molecular complexity index is 2230. The number of benzene rings is 1. The Kier molecular flexibility index (Phi) is 16.9. The number of nitrogens with one attached hydrogen (secondary N) is 3. The molecule has 1 aliphatic heterocycles. The van der Waals surface area contributed by atoms with Crippen molar-refractivity contribution in [1.29, 1.82) is 0 Å². The Balaban J connectivity index is 0.000000217. The molecule has 0 amide bonds. The van der Waals surface area contributed by atoms with Crippen LogP contribution in [0.15, 0.2) is 151 Å². The molecule has 294 valence electrons.